The Labute approximate surface area is 169 Å². The molecule has 3 aliphatic carbocycles. The van der Waals surface area contributed by atoms with Crippen LogP contribution in [0.5, 0.6) is 11.5 Å². The number of benzene rings is 1. The number of likely N-dealkylation sites (tertiary alicyclic amines) is 1. The number of phenolic OH excluding ortho intramolecular Hbond substituents is 1. The van der Waals surface area contributed by atoms with E-state index in [2.05, 4.69) is 4.90 Å². The first-order valence-corrected chi connectivity index (χ1v) is 10.7. The molecular formula is C22H28N2O5. The van der Waals surface area contributed by atoms with E-state index in [1.54, 1.807) is 6.07 Å². The minimum atomic E-state index is -1.36. The van der Waals surface area contributed by atoms with E-state index < -0.39 is 28.6 Å². The molecule has 0 amide bonds. The predicted octanol–water partition coefficient (Wildman–Crippen LogP) is 0.827. The van der Waals surface area contributed by atoms with Crippen molar-refractivity contribution in [2.75, 3.05) is 20.2 Å². The largest absolute Gasteiger partial charge is 0.504 e. The third-order valence-corrected chi connectivity index (χ3v) is 8.47. The van der Waals surface area contributed by atoms with Crippen molar-refractivity contribution in [1.29, 1.82) is 0 Å². The van der Waals surface area contributed by atoms with Crippen molar-refractivity contribution in [3.05, 3.63) is 23.3 Å². The van der Waals surface area contributed by atoms with Crippen LogP contribution in [0.3, 0.4) is 0 Å². The van der Waals surface area contributed by atoms with Gasteiger partial charge in [-0.25, -0.2) is 4.79 Å². The quantitative estimate of drug-likeness (QED) is 0.646. The van der Waals surface area contributed by atoms with E-state index in [4.69, 9.17) is 15.2 Å². The van der Waals surface area contributed by atoms with Gasteiger partial charge in [-0.1, -0.05) is 6.07 Å². The Morgan fingerprint density at radius 2 is 2.14 bits per heavy atom. The number of carbonyl (C=O) groups excluding carboxylic acids is 1. The fourth-order valence-corrected chi connectivity index (χ4v) is 6.95. The summed E-state index contributed by atoms with van der Waals surface area (Å²) in [6, 6.07) is 3.57. The van der Waals surface area contributed by atoms with Gasteiger partial charge in [0.1, 0.15) is 6.10 Å². The Kier molecular flexibility index (Phi) is 3.38. The fraction of sp³-hybridized carbons (Fsp3) is 0.682. The SMILES string of the molecule is COC(=O)[C@]1(N)CC[C@@]2(O)C3Cc4ccc(O)c5c4[C@@]2(CCN3CC2CC2)[C@H]1O5. The van der Waals surface area contributed by atoms with E-state index in [0.717, 1.165) is 36.6 Å². The maximum Gasteiger partial charge on any atom is 0.329 e. The Hall–Kier alpha value is -1.83. The molecule has 2 bridgehead atoms. The molecule has 7 nitrogen and oxygen atoms in total. The Bertz CT molecular complexity index is 917. The van der Waals surface area contributed by atoms with Gasteiger partial charge in [0.25, 0.3) is 0 Å². The molecule has 1 aromatic carbocycles. The van der Waals surface area contributed by atoms with E-state index in [-0.39, 0.29) is 11.8 Å². The molecule has 5 aliphatic rings. The molecule has 4 N–H and O–H groups in total. The molecular weight excluding hydrogens is 372 g/mol. The molecule has 7 heteroatoms. The van der Waals surface area contributed by atoms with Crippen LogP contribution in [0.2, 0.25) is 0 Å². The number of hydrogen-bond donors (Lipinski definition) is 3. The molecule has 1 spiro atoms. The number of nitrogens with two attached hydrogens (primary N) is 1. The molecule has 3 fully saturated rings. The highest BCUT2D eigenvalue weighted by atomic mass is 16.5. The molecule has 29 heavy (non-hydrogen) atoms. The van der Waals surface area contributed by atoms with Crippen LogP contribution in [0.4, 0.5) is 0 Å². The van der Waals surface area contributed by atoms with Gasteiger partial charge in [0.2, 0.25) is 0 Å². The summed E-state index contributed by atoms with van der Waals surface area (Å²) in [5.41, 5.74) is 5.42. The number of carbonyl (C=O) groups is 1. The van der Waals surface area contributed by atoms with Gasteiger partial charge in [-0.15, -0.1) is 0 Å². The molecule has 2 aliphatic heterocycles. The van der Waals surface area contributed by atoms with Crippen molar-refractivity contribution in [3.63, 3.8) is 0 Å². The maximum atomic E-state index is 12.8. The van der Waals surface area contributed by atoms with Crippen molar-refractivity contribution in [2.24, 2.45) is 11.7 Å². The lowest BCUT2D eigenvalue weighted by Gasteiger charge is -2.65. The van der Waals surface area contributed by atoms with E-state index in [1.807, 2.05) is 6.07 Å². The van der Waals surface area contributed by atoms with Crippen LogP contribution in [-0.4, -0.2) is 64.6 Å². The number of rotatable bonds is 3. The molecule has 2 saturated carbocycles. The highest BCUT2D eigenvalue weighted by Crippen LogP contribution is 2.66. The van der Waals surface area contributed by atoms with Crippen LogP contribution >= 0.6 is 0 Å². The lowest BCUT2D eigenvalue weighted by Crippen LogP contribution is -2.81. The van der Waals surface area contributed by atoms with Gasteiger partial charge in [0.05, 0.1) is 18.1 Å². The molecule has 0 aromatic heterocycles. The van der Waals surface area contributed by atoms with Crippen LogP contribution in [0.1, 0.15) is 43.2 Å². The van der Waals surface area contributed by atoms with E-state index in [0.29, 0.717) is 25.0 Å². The predicted molar refractivity (Wildman–Crippen MR) is 104 cm³/mol. The van der Waals surface area contributed by atoms with Gasteiger partial charge >= 0.3 is 5.97 Å². The number of hydrogen-bond acceptors (Lipinski definition) is 7. The van der Waals surface area contributed by atoms with Crippen LogP contribution in [0.25, 0.3) is 0 Å². The molecule has 1 saturated heterocycles. The summed E-state index contributed by atoms with van der Waals surface area (Å²) in [6.07, 6.45) is 3.85. The van der Waals surface area contributed by atoms with Crippen LogP contribution in [0.15, 0.2) is 12.1 Å². The van der Waals surface area contributed by atoms with Crippen LogP contribution < -0.4 is 10.5 Å². The summed E-state index contributed by atoms with van der Waals surface area (Å²) in [6.45, 7) is 1.84. The van der Waals surface area contributed by atoms with Crippen LogP contribution in [0, 0.1) is 5.92 Å². The molecule has 2 heterocycles. The standard InChI is InChI=1S/C22H28N2O5/c1-28-19(26)21(23)6-7-22(27)15-10-13-4-5-14(25)17-16(13)20(22,18(21)29-17)8-9-24(15)11-12-2-3-12/h4-5,12,15,18,25,27H,2-3,6-11,23H2,1H3/t15?,18-,20+,21+,22-/m1/s1. The first-order chi connectivity index (χ1) is 13.8. The molecule has 6 rings (SSSR count). The van der Waals surface area contributed by atoms with Gasteiger partial charge in [-0.05, 0) is 62.6 Å². The maximum absolute atomic E-state index is 12.8. The lowest BCUT2D eigenvalue weighted by atomic mass is 9.46. The zero-order chi connectivity index (χ0) is 20.2. The number of aliphatic hydroxyl groups is 1. The molecule has 0 radical (unpaired) electrons. The normalized spacial score (nSPS) is 42.2. The minimum absolute atomic E-state index is 0.0341. The van der Waals surface area contributed by atoms with Crippen LogP contribution in [-0.2, 0) is 21.4 Å². The third kappa shape index (κ3) is 1.97. The Balaban J connectivity index is 1.56. The van der Waals surface area contributed by atoms with Gasteiger partial charge < -0.3 is 25.4 Å². The monoisotopic (exact) mass is 400 g/mol. The minimum Gasteiger partial charge on any atom is -0.504 e. The van der Waals surface area contributed by atoms with Crippen molar-refractivity contribution in [3.8, 4) is 11.5 Å². The van der Waals surface area contributed by atoms with E-state index in [9.17, 15) is 15.0 Å². The molecule has 1 unspecified atom stereocenters. The average Bonchev–Trinajstić information content (AvgIpc) is 3.44. The highest BCUT2D eigenvalue weighted by Gasteiger charge is 2.76. The third-order valence-electron chi connectivity index (χ3n) is 8.47. The Morgan fingerprint density at radius 3 is 2.86 bits per heavy atom. The lowest BCUT2D eigenvalue weighted by molar-refractivity contribution is -0.207. The van der Waals surface area contributed by atoms with E-state index in [1.165, 1.54) is 20.0 Å². The second-order valence-corrected chi connectivity index (χ2v) is 9.78. The highest BCUT2D eigenvalue weighted by molar-refractivity contribution is 5.83. The molecule has 156 valence electrons. The summed E-state index contributed by atoms with van der Waals surface area (Å²) >= 11 is 0. The van der Waals surface area contributed by atoms with Crippen molar-refractivity contribution >= 4 is 5.97 Å². The van der Waals surface area contributed by atoms with Gasteiger partial charge in [-0.3, -0.25) is 4.90 Å². The number of esters is 1. The number of phenols is 1. The van der Waals surface area contributed by atoms with Gasteiger partial charge in [-0.2, -0.15) is 0 Å². The number of nitrogens with zero attached hydrogens (tertiary/aromatic N) is 1. The summed E-state index contributed by atoms with van der Waals surface area (Å²) in [4.78, 5) is 15.2. The van der Waals surface area contributed by atoms with Gasteiger partial charge in [0, 0.05) is 18.2 Å². The number of methoxy groups -OCH3 is 1. The van der Waals surface area contributed by atoms with Gasteiger partial charge in [0.15, 0.2) is 17.0 Å². The number of piperidine rings is 1. The zero-order valence-corrected chi connectivity index (χ0v) is 16.7. The summed E-state index contributed by atoms with van der Waals surface area (Å²) < 4.78 is 11.4. The van der Waals surface area contributed by atoms with Crippen molar-refractivity contribution in [1.82, 2.24) is 4.90 Å². The zero-order valence-electron chi connectivity index (χ0n) is 16.7. The van der Waals surface area contributed by atoms with E-state index >= 15 is 0 Å². The van der Waals surface area contributed by atoms with Crippen molar-refractivity contribution < 1.29 is 24.5 Å². The molecule has 5 atom stereocenters. The number of aromatic hydroxyl groups is 1. The average molecular weight is 400 g/mol. The van der Waals surface area contributed by atoms with Crippen molar-refractivity contribution in [2.45, 2.75) is 67.2 Å². The Morgan fingerprint density at radius 1 is 1.34 bits per heavy atom. The fourth-order valence-electron chi connectivity index (χ4n) is 6.95. The topological polar surface area (TPSA) is 105 Å². The molecule has 1 aromatic rings. The smallest absolute Gasteiger partial charge is 0.329 e. The second-order valence-electron chi connectivity index (χ2n) is 9.78. The summed E-state index contributed by atoms with van der Waals surface area (Å²) in [5, 5.41) is 22.8. The summed E-state index contributed by atoms with van der Waals surface area (Å²) in [5.74, 6) is 0.643. The summed E-state index contributed by atoms with van der Waals surface area (Å²) in [7, 11) is 1.34. The second kappa shape index (κ2) is 5.45. The first-order valence-electron chi connectivity index (χ1n) is 10.7. The number of ether oxygens (including phenoxy) is 2. The first kappa shape index (κ1) is 18.0.